The van der Waals surface area contributed by atoms with E-state index >= 15 is 0 Å². The minimum atomic E-state index is -0.335. The number of hydrogen-bond acceptors (Lipinski definition) is 4. The summed E-state index contributed by atoms with van der Waals surface area (Å²) < 4.78 is 24.2. The summed E-state index contributed by atoms with van der Waals surface area (Å²) in [7, 11) is 0. The molecule has 0 spiro atoms. The summed E-state index contributed by atoms with van der Waals surface area (Å²) in [6, 6.07) is 11.3. The predicted molar refractivity (Wildman–Crippen MR) is 102 cm³/mol. The number of amides is 1. The molecule has 1 aliphatic heterocycles. The number of aromatic nitrogens is 1. The Labute approximate surface area is 160 Å². The van der Waals surface area contributed by atoms with Crippen LogP contribution >= 0.6 is 0 Å². The fourth-order valence-electron chi connectivity index (χ4n) is 3.20. The Balaban J connectivity index is 1.64. The number of ether oxygens (including phenoxy) is 2. The van der Waals surface area contributed by atoms with Crippen molar-refractivity contribution in [1.82, 2.24) is 9.88 Å². The third kappa shape index (κ3) is 3.69. The lowest BCUT2D eigenvalue weighted by atomic mass is 10.1. The van der Waals surface area contributed by atoms with Gasteiger partial charge in [0.15, 0.2) is 11.5 Å². The first-order valence-electron chi connectivity index (χ1n) is 8.95. The SMILES string of the molecule is CC(=O)N(Cc1ccc(F)cc1)Cc1cc2cc3c(cc2[nH]c1=O)OCCO3. The Morgan fingerprint density at radius 2 is 1.75 bits per heavy atom. The van der Waals surface area contributed by atoms with E-state index in [1.807, 2.05) is 6.07 Å². The van der Waals surface area contributed by atoms with Crippen LogP contribution in [0.2, 0.25) is 0 Å². The van der Waals surface area contributed by atoms with Gasteiger partial charge < -0.3 is 19.4 Å². The van der Waals surface area contributed by atoms with Crippen molar-refractivity contribution in [2.45, 2.75) is 20.0 Å². The second-order valence-corrected chi connectivity index (χ2v) is 6.71. The molecule has 4 rings (SSSR count). The van der Waals surface area contributed by atoms with Gasteiger partial charge in [-0.3, -0.25) is 9.59 Å². The van der Waals surface area contributed by atoms with Crippen LogP contribution in [0.4, 0.5) is 4.39 Å². The molecule has 1 amide bonds. The van der Waals surface area contributed by atoms with Gasteiger partial charge in [-0.05, 0) is 29.8 Å². The zero-order chi connectivity index (χ0) is 19.7. The molecule has 7 heteroatoms. The average molecular weight is 382 g/mol. The van der Waals surface area contributed by atoms with E-state index in [4.69, 9.17) is 9.47 Å². The van der Waals surface area contributed by atoms with Gasteiger partial charge in [0.1, 0.15) is 19.0 Å². The Bertz CT molecular complexity index is 1090. The van der Waals surface area contributed by atoms with Crippen LogP contribution in [0.3, 0.4) is 0 Å². The largest absolute Gasteiger partial charge is 0.486 e. The fraction of sp³-hybridized carbons (Fsp3) is 0.238. The van der Waals surface area contributed by atoms with Gasteiger partial charge in [0.25, 0.3) is 5.56 Å². The first-order valence-corrected chi connectivity index (χ1v) is 8.95. The normalized spacial score (nSPS) is 12.8. The molecule has 0 unspecified atom stereocenters. The summed E-state index contributed by atoms with van der Waals surface area (Å²) >= 11 is 0. The summed E-state index contributed by atoms with van der Waals surface area (Å²) in [5.41, 5.74) is 1.62. The second kappa shape index (κ2) is 7.34. The first-order chi connectivity index (χ1) is 13.5. The minimum absolute atomic E-state index is 0.145. The molecule has 0 atom stereocenters. The van der Waals surface area contributed by atoms with Gasteiger partial charge in [0.2, 0.25) is 5.91 Å². The molecule has 0 radical (unpaired) electrons. The zero-order valence-corrected chi connectivity index (χ0v) is 15.3. The summed E-state index contributed by atoms with van der Waals surface area (Å²) in [4.78, 5) is 29.0. The van der Waals surface area contributed by atoms with E-state index in [1.165, 1.54) is 19.1 Å². The van der Waals surface area contributed by atoms with Gasteiger partial charge in [-0.1, -0.05) is 12.1 Å². The Hall–Kier alpha value is -3.35. The maximum absolute atomic E-state index is 13.1. The molecule has 2 heterocycles. The minimum Gasteiger partial charge on any atom is -0.486 e. The predicted octanol–water partition coefficient (Wildman–Crippen LogP) is 2.99. The van der Waals surface area contributed by atoms with Crippen LogP contribution in [-0.2, 0) is 17.9 Å². The molecule has 1 aliphatic rings. The monoisotopic (exact) mass is 382 g/mol. The van der Waals surface area contributed by atoms with E-state index in [0.717, 1.165) is 10.9 Å². The Morgan fingerprint density at radius 3 is 2.43 bits per heavy atom. The van der Waals surface area contributed by atoms with Crippen LogP contribution in [0.15, 0.2) is 47.3 Å². The molecular weight excluding hydrogens is 363 g/mol. The molecule has 3 aromatic rings. The summed E-state index contributed by atoms with van der Waals surface area (Å²) in [6.07, 6.45) is 0. The highest BCUT2D eigenvalue weighted by atomic mass is 19.1. The molecule has 0 aliphatic carbocycles. The number of nitrogens with one attached hydrogen (secondary N) is 1. The van der Waals surface area contributed by atoms with Crippen LogP contribution in [0, 0.1) is 5.82 Å². The van der Waals surface area contributed by atoms with Crippen LogP contribution in [-0.4, -0.2) is 29.0 Å². The number of carbonyl (C=O) groups is 1. The number of aromatic amines is 1. The number of H-pyrrole nitrogens is 1. The van der Waals surface area contributed by atoms with Crippen molar-refractivity contribution in [3.05, 3.63) is 69.8 Å². The second-order valence-electron chi connectivity index (χ2n) is 6.71. The molecule has 1 aromatic heterocycles. The third-order valence-electron chi connectivity index (χ3n) is 4.68. The number of fused-ring (bicyclic) bond motifs is 2. The van der Waals surface area contributed by atoms with Gasteiger partial charge >= 0.3 is 0 Å². The lowest BCUT2D eigenvalue weighted by Crippen LogP contribution is -2.30. The van der Waals surface area contributed by atoms with Crippen LogP contribution in [0.25, 0.3) is 10.9 Å². The number of pyridine rings is 1. The van der Waals surface area contributed by atoms with Crippen molar-refractivity contribution in [3.8, 4) is 11.5 Å². The summed E-state index contributed by atoms with van der Waals surface area (Å²) in [5.74, 6) is 0.722. The number of rotatable bonds is 4. The van der Waals surface area contributed by atoms with E-state index in [1.54, 1.807) is 29.2 Å². The highest BCUT2D eigenvalue weighted by Gasteiger charge is 2.16. The number of halogens is 1. The lowest BCUT2D eigenvalue weighted by Gasteiger charge is -2.22. The number of hydrogen-bond donors (Lipinski definition) is 1. The maximum Gasteiger partial charge on any atom is 0.253 e. The van der Waals surface area contributed by atoms with Crippen molar-refractivity contribution in [2.24, 2.45) is 0 Å². The van der Waals surface area contributed by atoms with E-state index in [9.17, 15) is 14.0 Å². The van der Waals surface area contributed by atoms with E-state index in [2.05, 4.69) is 4.98 Å². The quantitative estimate of drug-likeness (QED) is 0.753. The van der Waals surface area contributed by atoms with Crippen molar-refractivity contribution in [2.75, 3.05) is 13.2 Å². The molecule has 144 valence electrons. The first kappa shape index (κ1) is 18.0. The molecule has 6 nitrogen and oxygen atoms in total. The van der Waals surface area contributed by atoms with Gasteiger partial charge in [-0.15, -0.1) is 0 Å². The molecule has 0 fully saturated rings. The van der Waals surface area contributed by atoms with E-state index in [-0.39, 0.29) is 30.4 Å². The van der Waals surface area contributed by atoms with Crippen molar-refractivity contribution >= 4 is 16.8 Å². The number of benzene rings is 2. The standard InChI is InChI=1S/C21H19FN2O4/c1-13(25)24(11-14-2-4-17(22)5-3-14)12-16-8-15-9-19-20(28-7-6-27-19)10-18(15)23-21(16)26/h2-5,8-10H,6-7,11-12H2,1H3,(H,23,26). The van der Waals surface area contributed by atoms with Gasteiger partial charge in [-0.2, -0.15) is 0 Å². The van der Waals surface area contributed by atoms with Gasteiger partial charge in [0.05, 0.1) is 12.1 Å². The Morgan fingerprint density at radius 1 is 1.07 bits per heavy atom. The summed E-state index contributed by atoms with van der Waals surface area (Å²) in [5, 5.41) is 0.795. The molecular formula is C21H19FN2O4. The molecule has 2 aromatic carbocycles. The van der Waals surface area contributed by atoms with Crippen molar-refractivity contribution in [1.29, 1.82) is 0 Å². The van der Waals surface area contributed by atoms with Crippen LogP contribution in [0.5, 0.6) is 11.5 Å². The average Bonchev–Trinajstić information content (AvgIpc) is 2.68. The van der Waals surface area contributed by atoms with Crippen LogP contribution < -0.4 is 15.0 Å². The highest BCUT2D eigenvalue weighted by molar-refractivity contribution is 5.83. The van der Waals surface area contributed by atoms with E-state index in [0.29, 0.717) is 35.8 Å². The number of carbonyl (C=O) groups excluding carboxylic acids is 1. The van der Waals surface area contributed by atoms with Crippen molar-refractivity contribution in [3.63, 3.8) is 0 Å². The van der Waals surface area contributed by atoms with E-state index < -0.39 is 0 Å². The van der Waals surface area contributed by atoms with Gasteiger partial charge in [0, 0.05) is 30.5 Å². The van der Waals surface area contributed by atoms with Crippen LogP contribution in [0.1, 0.15) is 18.1 Å². The van der Waals surface area contributed by atoms with Gasteiger partial charge in [-0.25, -0.2) is 4.39 Å². The fourth-order valence-corrected chi connectivity index (χ4v) is 3.20. The Kier molecular flexibility index (Phi) is 4.73. The third-order valence-corrected chi connectivity index (χ3v) is 4.68. The topological polar surface area (TPSA) is 71.6 Å². The van der Waals surface area contributed by atoms with Crippen molar-refractivity contribution < 1.29 is 18.7 Å². The highest BCUT2D eigenvalue weighted by Crippen LogP contribution is 2.33. The molecule has 0 bridgehead atoms. The zero-order valence-electron chi connectivity index (χ0n) is 15.3. The lowest BCUT2D eigenvalue weighted by molar-refractivity contribution is -0.130. The molecule has 1 N–H and O–H groups in total. The molecule has 0 saturated heterocycles. The smallest absolute Gasteiger partial charge is 0.253 e. The molecule has 28 heavy (non-hydrogen) atoms. The summed E-state index contributed by atoms with van der Waals surface area (Å²) in [6.45, 7) is 2.82. The number of nitrogens with zero attached hydrogens (tertiary/aromatic N) is 1. The molecule has 0 saturated carbocycles. The maximum atomic E-state index is 13.1.